The molecular formula is C22H23N3O. The largest absolute Gasteiger partial charge is 0.507 e. The summed E-state index contributed by atoms with van der Waals surface area (Å²) in [6.07, 6.45) is 5.29. The molecule has 132 valence electrons. The molecule has 1 heterocycles. The highest BCUT2D eigenvalue weighted by Crippen LogP contribution is 2.46. The minimum atomic E-state index is 0.214. The van der Waals surface area contributed by atoms with E-state index in [-0.39, 0.29) is 5.75 Å². The Morgan fingerprint density at radius 1 is 1.00 bits per heavy atom. The number of nitrogens with one attached hydrogen (secondary N) is 1. The molecule has 0 radical (unpaired) electrons. The summed E-state index contributed by atoms with van der Waals surface area (Å²) in [7, 11) is 0. The van der Waals surface area contributed by atoms with Crippen molar-refractivity contribution in [1.29, 1.82) is 0 Å². The minimum absolute atomic E-state index is 0.214. The Bertz CT molecular complexity index is 964. The van der Waals surface area contributed by atoms with Gasteiger partial charge in [0.25, 0.3) is 0 Å². The smallest absolute Gasteiger partial charge is 0.165 e. The summed E-state index contributed by atoms with van der Waals surface area (Å²) in [5.41, 5.74) is 2.77. The number of para-hydroxylation sites is 1. The average molecular weight is 345 g/mol. The van der Waals surface area contributed by atoms with Crippen LogP contribution in [-0.4, -0.2) is 21.1 Å². The molecule has 1 aromatic heterocycles. The second-order valence-electron chi connectivity index (χ2n) is 7.78. The van der Waals surface area contributed by atoms with Crippen molar-refractivity contribution >= 4 is 16.7 Å². The standard InChI is InChI=1S/C22H23N3O/c1-13-6-11-16-18(12-13)23-22(17-4-2-3-5-19(17)26)25-21(16)24-20(14-7-8-14)15-9-10-15/h2-6,11-12,14-15,20,26H,7-10H2,1H3,(H,23,24,25). The van der Waals surface area contributed by atoms with Gasteiger partial charge in [0.2, 0.25) is 0 Å². The van der Waals surface area contributed by atoms with Crippen molar-refractivity contribution in [3.05, 3.63) is 48.0 Å². The van der Waals surface area contributed by atoms with Gasteiger partial charge < -0.3 is 10.4 Å². The topological polar surface area (TPSA) is 58.0 Å². The zero-order valence-corrected chi connectivity index (χ0v) is 14.9. The van der Waals surface area contributed by atoms with Crippen LogP contribution in [0.5, 0.6) is 5.75 Å². The van der Waals surface area contributed by atoms with Crippen LogP contribution in [0.2, 0.25) is 0 Å². The van der Waals surface area contributed by atoms with E-state index >= 15 is 0 Å². The second kappa shape index (κ2) is 5.97. The summed E-state index contributed by atoms with van der Waals surface area (Å²) in [5, 5.41) is 15.1. The molecule has 2 N–H and O–H groups in total. The molecule has 26 heavy (non-hydrogen) atoms. The molecule has 5 rings (SSSR count). The summed E-state index contributed by atoms with van der Waals surface area (Å²) in [6.45, 7) is 2.07. The average Bonchev–Trinajstić information content (AvgIpc) is 3.53. The van der Waals surface area contributed by atoms with E-state index in [1.165, 1.54) is 31.2 Å². The first-order valence-electron chi connectivity index (χ1n) is 9.52. The predicted octanol–water partition coefficient (Wildman–Crippen LogP) is 4.91. The van der Waals surface area contributed by atoms with Gasteiger partial charge in [-0.3, -0.25) is 0 Å². The molecular weight excluding hydrogens is 322 g/mol. The van der Waals surface area contributed by atoms with Crippen LogP contribution in [0.4, 0.5) is 5.82 Å². The monoisotopic (exact) mass is 345 g/mol. The van der Waals surface area contributed by atoms with E-state index in [1.54, 1.807) is 6.07 Å². The molecule has 0 aliphatic heterocycles. The molecule has 0 unspecified atom stereocenters. The number of fused-ring (bicyclic) bond motifs is 1. The van der Waals surface area contributed by atoms with Gasteiger partial charge in [0.1, 0.15) is 11.6 Å². The van der Waals surface area contributed by atoms with Crippen molar-refractivity contribution in [3.63, 3.8) is 0 Å². The van der Waals surface area contributed by atoms with Gasteiger partial charge in [-0.25, -0.2) is 9.97 Å². The molecule has 2 aromatic carbocycles. The second-order valence-corrected chi connectivity index (χ2v) is 7.78. The third-order valence-corrected chi connectivity index (χ3v) is 5.56. The van der Waals surface area contributed by atoms with Crippen LogP contribution in [0, 0.1) is 18.8 Å². The van der Waals surface area contributed by atoms with Gasteiger partial charge >= 0.3 is 0 Å². The molecule has 0 saturated heterocycles. The Morgan fingerprint density at radius 2 is 1.73 bits per heavy atom. The summed E-state index contributed by atoms with van der Waals surface area (Å²) in [6, 6.07) is 14.1. The number of phenolic OH excluding ortho intramolecular Hbond substituents is 1. The van der Waals surface area contributed by atoms with E-state index in [9.17, 15) is 5.11 Å². The summed E-state index contributed by atoms with van der Waals surface area (Å²) < 4.78 is 0. The number of phenols is 1. The summed E-state index contributed by atoms with van der Waals surface area (Å²) in [5.74, 6) is 3.26. The van der Waals surface area contributed by atoms with Crippen molar-refractivity contribution in [2.24, 2.45) is 11.8 Å². The lowest BCUT2D eigenvalue weighted by atomic mass is 10.1. The highest BCUT2D eigenvalue weighted by Gasteiger charge is 2.41. The number of aryl methyl sites for hydroxylation is 1. The lowest BCUT2D eigenvalue weighted by Gasteiger charge is -2.20. The maximum Gasteiger partial charge on any atom is 0.165 e. The normalized spacial score (nSPS) is 17.0. The maximum absolute atomic E-state index is 10.3. The van der Waals surface area contributed by atoms with Gasteiger partial charge in [-0.2, -0.15) is 0 Å². The molecule has 0 spiro atoms. The van der Waals surface area contributed by atoms with Crippen LogP contribution < -0.4 is 5.32 Å². The molecule has 0 amide bonds. The van der Waals surface area contributed by atoms with Crippen molar-refractivity contribution in [3.8, 4) is 17.1 Å². The first-order chi connectivity index (χ1) is 12.7. The number of aromatic nitrogens is 2. The van der Waals surface area contributed by atoms with E-state index in [0.717, 1.165) is 28.6 Å². The van der Waals surface area contributed by atoms with Crippen molar-refractivity contribution in [2.45, 2.75) is 38.6 Å². The Morgan fingerprint density at radius 3 is 2.42 bits per heavy atom. The number of aromatic hydroxyl groups is 1. The highest BCUT2D eigenvalue weighted by molar-refractivity contribution is 5.91. The molecule has 4 heteroatoms. The number of hydrogen-bond donors (Lipinski definition) is 2. The Kier molecular flexibility index (Phi) is 3.59. The van der Waals surface area contributed by atoms with E-state index in [2.05, 4.69) is 30.4 Å². The Balaban J connectivity index is 1.64. The molecule has 3 aromatic rings. The number of rotatable bonds is 5. The fourth-order valence-corrected chi connectivity index (χ4v) is 3.82. The van der Waals surface area contributed by atoms with Crippen LogP contribution in [0.1, 0.15) is 31.2 Å². The molecule has 0 atom stereocenters. The number of nitrogens with zero attached hydrogens (tertiary/aromatic N) is 2. The van der Waals surface area contributed by atoms with Crippen LogP contribution in [0.3, 0.4) is 0 Å². The van der Waals surface area contributed by atoms with Gasteiger partial charge in [0.05, 0.1) is 11.1 Å². The lowest BCUT2D eigenvalue weighted by Crippen LogP contribution is -2.25. The van der Waals surface area contributed by atoms with Gasteiger partial charge in [-0.05, 0) is 74.3 Å². The molecule has 2 aliphatic rings. The highest BCUT2D eigenvalue weighted by atomic mass is 16.3. The quantitative estimate of drug-likeness (QED) is 0.690. The maximum atomic E-state index is 10.3. The molecule has 4 nitrogen and oxygen atoms in total. The first-order valence-corrected chi connectivity index (χ1v) is 9.52. The van der Waals surface area contributed by atoms with Crippen molar-refractivity contribution in [2.75, 3.05) is 5.32 Å². The lowest BCUT2D eigenvalue weighted by molar-refractivity contribution is 0.477. The molecule has 2 fully saturated rings. The van der Waals surface area contributed by atoms with E-state index in [1.807, 2.05) is 18.2 Å². The van der Waals surface area contributed by atoms with Crippen LogP contribution in [-0.2, 0) is 0 Å². The fourth-order valence-electron chi connectivity index (χ4n) is 3.82. The molecule has 2 saturated carbocycles. The van der Waals surface area contributed by atoms with E-state index in [0.29, 0.717) is 17.4 Å². The minimum Gasteiger partial charge on any atom is -0.507 e. The number of benzene rings is 2. The summed E-state index contributed by atoms with van der Waals surface area (Å²) in [4.78, 5) is 9.58. The first kappa shape index (κ1) is 15.6. The van der Waals surface area contributed by atoms with Gasteiger partial charge in [-0.15, -0.1) is 0 Å². The predicted molar refractivity (Wildman–Crippen MR) is 104 cm³/mol. The van der Waals surface area contributed by atoms with Crippen LogP contribution in [0.25, 0.3) is 22.3 Å². The fraction of sp³-hybridized carbons (Fsp3) is 0.364. The van der Waals surface area contributed by atoms with Crippen molar-refractivity contribution < 1.29 is 5.11 Å². The third-order valence-electron chi connectivity index (χ3n) is 5.56. The molecule has 2 aliphatic carbocycles. The zero-order valence-electron chi connectivity index (χ0n) is 14.9. The van der Waals surface area contributed by atoms with Crippen molar-refractivity contribution in [1.82, 2.24) is 9.97 Å². The Labute approximate surface area is 153 Å². The van der Waals surface area contributed by atoms with E-state index in [4.69, 9.17) is 9.97 Å². The van der Waals surface area contributed by atoms with Gasteiger partial charge in [-0.1, -0.05) is 18.2 Å². The molecule has 0 bridgehead atoms. The van der Waals surface area contributed by atoms with Crippen LogP contribution >= 0.6 is 0 Å². The van der Waals surface area contributed by atoms with Crippen LogP contribution in [0.15, 0.2) is 42.5 Å². The van der Waals surface area contributed by atoms with Gasteiger partial charge in [0.15, 0.2) is 5.82 Å². The number of hydrogen-bond acceptors (Lipinski definition) is 4. The Hall–Kier alpha value is -2.62. The zero-order chi connectivity index (χ0) is 17.7. The SMILES string of the molecule is Cc1ccc2c(NC(C3CC3)C3CC3)nc(-c3ccccc3O)nc2c1. The van der Waals surface area contributed by atoms with Gasteiger partial charge in [0, 0.05) is 11.4 Å². The third kappa shape index (κ3) is 2.90. The number of anilines is 1. The van der Waals surface area contributed by atoms with E-state index < -0.39 is 0 Å². The summed E-state index contributed by atoms with van der Waals surface area (Å²) >= 11 is 0.